The molecule has 1 fully saturated rings. The predicted molar refractivity (Wildman–Crippen MR) is 91.4 cm³/mol. The third kappa shape index (κ3) is 3.86. The Balaban J connectivity index is 0.00000147. The molecule has 0 amide bonds. The van der Waals surface area contributed by atoms with Crippen LogP contribution < -0.4 is 11.1 Å². The Morgan fingerprint density at radius 1 is 1.30 bits per heavy atom. The topological polar surface area (TPSA) is 68.2 Å². The van der Waals surface area contributed by atoms with Gasteiger partial charge in [-0.2, -0.15) is 0 Å². The Morgan fingerprint density at radius 2 is 2.10 bits per heavy atom. The van der Waals surface area contributed by atoms with Crippen LogP contribution in [0.5, 0.6) is 0 Å². The summed E-state index contributed by atoms with van der Waals surface area (Å²) >= 11 is 0. The summed E-state index contributed by atoms with van der Waals surface area (Å²) in [5, 5.41) is 3.37. The Bertz CT molecular complexity index is 450. The van der Waals surface area contributed by atoms with Crippen molar-refractivity contribution in [1.29, 1.82) is 0 Å². The molecule has 1 aliphatic carbocycles. The number of aryl methyl sites for hydroxylation is 1. The number of hydrogen-bond donors (Lipinski definition) is 2. The molecule has 3 N–H and O–H groups in total. The van der Waals surface area contributed by atoms with Crippen molar-refractivity contribution in [3.63, 3.8) is 0 Å². The lowest BCUT2D eigenvalue weighted by molar-refractivity contribution is 0.424. The lowest BCUT2D eigenvalue weighted by Gasteiger charge is -2.25. The van der Waals surface area contributed by atoms with Gasteiger partial charge < -0.3 is 15.6 Å². The second-order valence-electron chi connectivity index (χ2n) is 5.68. The second-order valence-corrected chi connectivity index (χ2v) is 5.68. The van der Waals surface area contributed by atoms with Gasteiger partial charge in [0.25, 0.3) is 0 Å². The fourth-order valence-electron chi connectivity index (χ4n) is 3.13. The maximum Gasteiger partial charge on any atom is 0.189 e. The molecule has 2 heterocycles. The van der Waals surface area contributed by atoms with Crippen LogP contribution in [0.3, 0.4) is 0 Å². The average Bonchev–Trinajstić information content (AvgIpc) is 2.87. The lowest BCUT2D eigenvalue weighted by Crippen LogP contribution is -2.44. The molecule has 2 aliphatic rings. The fourth-order valence-corrected chi connectivity index (χ4v) is 3.13. The predicted octanol–water partition coefficient (Wildman–Crippen LogP) is 2.05. The molecule has 0 bridgehead atoms. The fraction of sp³-hybridized carbons (Fsp3) is 0.714. The molecule has 1 aromatic heterocycles. The van der Waals surface area contributed by atoms with Gasteiger partial charge in [-0.3, -0.25) is 4.99 Å². The van der Waals surface area contributed by atoms with Crippen molar-refractivity contribution in [2.24, 2.45) is 10.7 Å². The van der Waals surface area contributed by atoms with E-state index in [1.807, 2.05) is 12.4 Å². The van der Waals surface area contributed by atoms with Gasteiger partial charge >= 0.3 is 0 Å². The zero-order valence-electron chi connectivity index (χ0n) is 11.8. The van der Waals surface area contributed by atoms with E-state index in [4.69, 9.17) is 5.73 Å². The van der Waals surface area contributed by atoms with Crippen molar-refractivity contribution in [3.05, 3.63) is 18.2 Å². The molecule has 0 radical (unpaired) electrons. The molecule has 20 heavy (non-hydrogen) atoms. The van der Waals surface area contributed by atoms with Crippen LogP contribution in [0, 0.1) is 0 Å². The molecule has 112 valence electrons. The summed E-state index contributed by atoms with van der Waals surface area (Å²) in [6, 6.07) is 0.814. The smallest absolute Gasteiger partial charge is 0.189 e. The van der Waals surface area contributed by atoms with Gasteiger partial charge in [0.1, 0.15) is 5.82 Å². The molecule has 0 spiro atoms. The number of nitrogens with one attached hydrogen (secondary N) is 1. The third-order valence-corrected chi connectivity index (χ3v) is 4.20. The molecule has 1 saturated carbocycles. The van der Waals surface area contributed by atoms with E-state index in [0.717, 1.165) is 25.2 Å². The largest absolute Gasteiger partial charge is 0.370 e. The molecule has 0 aromatic carbocycles. The molecule has 6 heteroatoms. The Kier molecular flexibility index (Phi) is 5.68. The highest BCUT2D eigenvalue weighted by atomic mass is 127. The minimum atomic E-state index is 0. The SMILES string of the molecule is I.NC(=NC1CCCCC1)NC1CCn2ccnc2C1. The molecule has 3 rings (SSSR count). The molecular formula is C14H24IN5. The van der Waals surface area contributed by atoms with E-state index in [0.29, 0.717) is 18.0 Å². The Morgan fingerprint density at radius 3 is 2.90 bits per heavy atom. The van der Waals surface area contributed by atoms with Crippen molar-refractivity contribution in [1.82, 2.24) is 14.9 Å². The minimum Gasteiger partial charge on any atom is -0.370 e. The Hall–Kier alpha value is -0.790. The highest BCUT2D eigenvalue weighted by molar-refractivity contribution is 14.0. The van der Waals surface area contributed by atoms with Gasteiger partial charge in [0.15, 0.2) is 5.96 Å². The van der Waals surface area contributed by atoms with Crippen LogP contribution in [0.15, 0.2) is 17.4 Å². The zero-order valence-corrected chi connectivity index (χ0v) is 14.1. The second kappa shape index (κ2) is 7.28. The van der Waals surface area contributed by atoms with Crippen LogP contribution >= 0.6 is 24.0 Å². The molecule has 1 atom stereocenters. The number of aromatic nitrogens is 2. The van der Waals surface area contributed by atoms with E-state index in [-0.39, 0.29) is 24.0 Å². The highest BCUT2D eigenvalue weighted by Crippen LogP contribution is 2.20. The molecule has 1 aliphatic heterocycles. The van der Waals surface area contributed by atoms with Gasteiger partial charge in [-0.25, -0.2) is 4.98 Å². The number of aliphatic imine (C=N–C) groups is 1. The number of guanidine groups is 1. The summed E-state index contributed by atoms with van der Waals surface area (Å²) in [5.74, 6) is 1.77. The third-order valence-electron chi connectivity index (χ3n) is 4.20. The number of nitrogens with two attached hydrogens (primary N) is 1. The van der Waals surface area contributed by atoms with Crippen LogP contribution in [-0.4, -0.2) is 27.6 Å². The van der Waals surface area contributed by atoms with Crippen molar-refractivity contribution in [3.8, 4) is 0 Å². The van der Waals surface area contributed by atoms with E-state index in [1.54, 1.807) is 0 Å². The van der Waals surface area contributed by atoms with Crippen LogP contribution in [0.2, 0.25) is 0 Å². The van der Waals surface area contributed by atoms with Gasteiger partial charge in [-0.1, -0.05) is 19.3 Å². The number of hydrogen-bond acceptors (Lipinski definition) is 2. The van der Waals surface area contributed by atoms with Gasteiger partial charge in [-0.15, -0.1) is 24.0 Å². The van der Waals surface area contributed by atoms with E-state index in [1.165, 1.54) is 32.1 Å². The average molecular weight is 389 g/mol. The number of nitrogens with zero attached hydrogens (tertiary/aromatic N) is 3. The standard InChI is InChI=1S/C14H23N5.HI/c15-14(17-11-4-2-1-3-5-11)18-12-6-8-19-9-7-16-13(19)10-12;/h7,9,11-12H,1-6,8,10H2,(H3,15,17,18);1H. The molecule has 1 aromatic rings. The van der Waals surface area contributed by atoms with Gasteiger partial charge in [-0.05, 0) is 19.3 Å². The van der Waals surface area contributed by atoms with Crippen LogP contribution in [-0.2, 0) is 13.0 Å². The summed E-state index contributed by atoms with van der Waals surface area (Å²) in [4.78, 5) is 9.00. The lowest BCUT2D eigenvalue weighted by atomic mass is 9.96. The summed E-state index contributed by atoms with van der Waals surface area (Å²) in [6.45, 7) is 1.02. The summed E-state index contributed by atoms with van der Waals surface area (Å²) in [5.41, 5.74) is 6.04. The normalized spacial score (nSPS) is 23.8. The number of fused-ring (bicyclic) bond motifs is 1. The summed E-state index contributed by atoms with van der Waals surface area (Å²) in [7, 11) is 0. The molecule has 0 saturated heterocycles. The maximum atomic E-state index is 6.04. The van der Waals surface area contributed by atoms with E-state index >= 15 is 0 Å². The van der Waals surface area contributed by atoms with Gasteiger partial charge in [0.05, 0.1) is 6.04 Å². The van der Waals surface area contributed by atoms with Gasteiger partial charge in [0, 0.05) is 31.4 Å². The van der Waals surface area contributed by atoms with Gasteiger partial charge in [0.2, 0.25) is 0 Å². The highest BCUT2D eigenvalue weighted by Gasteiger charge is 2.20. The first-order valence-electron chi connectivity index (χ1n) is 7.41. The van der Waals surface area contributed by atoms with Crippen molar-refractivity contribution in [2.75, 3.05) is 0 Å². The van der Waals surface area contributed by atoms with Crippen LogP contribution in [0.1, 0.15) is 44.3 Å². The Labute approximate surface area is 137 Å². The maximum absolute atomic E-state index is 6.04. The monoisotopic (exact) mass is 389 g/mol. The molecular weight excluding hydrogens is 365 g/mol. The molecule has 1 unspecified atom stereocenters. The first kappa shape index (κ1) is 15.6. The number of rotatable bonds is 2. The van der Waals surface area contributed by atoms with Crippen molar-refractivity contribution in [2.45, 2.75) is 63.6 Å². The first-order valence-corrected chi connectivity index (χ1v) is 7.41. The van der Waals surface area contributed by atoms with Crippen LogP contribution in [0.4, 0.5) is 0 Å². The van der Waals surface area contributed by atoms with E-state index < -0.39 is 0 Å². The first-order chi connectivity index (χ1) is 9.31. The van der Waals surface area contributed by atoms with E-state index in [2.05, 4.69) is 19.9 Å². The number of imidazole rings is 1. The van der Waals surface area contributed by atoms with Crippen molar-refractivity contribution >= 4 is 29.9 Å². The number of halogens is 1. The quantitative estimate of drug-likeness (QED) is 0.462. The molecule has 5 nitrogen and oxygen atoms in total. The summed E-state index contributed by atoms with van der Waals surface area (Å²) < 4.78 is 2.21. The minimum absolute atomic E-state index is 0. The van der Waals surface area contributed by atoms with Crippen molar-refractivity contribution < 1.29 is 0 Å². The van der Waals surface area contributed by atoms with E-state index in [9.17, 15) is 0 Å². The zero-order chi connectivity index (χ0) is 13.1. The summed E-state index contributed by atoms with van der Waals surface area (Å²) in [6.07, 6.45) is 12.3. The van der Waals surface area contributed by atoms with Crippen LogP contribution in [0.25, 0.3) is 0 Å².